The third-order valence-electron chi connectivity index (χ3n) is 4.40. The molecule has 5 nitrogen and oxygen atoms in total. The van der Waals surface area contributed by atoms with E-state index in [4.69, 9.17) is 4.74 Å². The van der Waals surface area contributed by atoms with Crippen LogP contribution in [0.1, 0.15) is 15.9 Å². The van der Waals surface area contributed by atoms with Crippen molar-refractivity contribution in [3.05, 3.63) is 107 Å². The van der Waals surface area contributed by atoms with Gasteiger partial charge < -0.3 is 10.1 Å². The van der Waals surface area contributed by atoms with E-state index in [9.17, 15) is 4.79 Å². The number of aromatic nitrogens is 2. The highest BCUT2D eigenvalue weighted by Crippen LogP contribution is 2.22. The number of halogens is 1. The molecule has 0 aliphatic rings. The van der Waals surface area contributed by atoms with E-state index < -0.39 is 0 Å². The van der Waals surface area contributed by atoms with Crippen molar-refractivity contribution in [3.8, 4) is 22.9 Å². The summed E-state index contributed by atoms with van der Waals surface area (Å²) < 4.78 is 6.63. The van der Waals surface area contributed by atoms with Crippen molar-refractivity contribution in [1.29, 1.82) is 0 Å². The Hall–Kier alpha value is -3.51. The summed E-state index contributed by atoms with van der Waals surface area (Å²) in [6, 6.07) is 24.9. The Kier molecular flexibility index (Phi) is 6.15. The number of para-hydroxylation sites is 1. The molecular formula is C24H18BrN3O2. The number of nitrogens with one attached hydrogen (secondary N) is 1. The number of rotatable bonds is 6. The van der Waals surface area contributed by atoms with Crippen LogP contribution >= 0.6 is 15.9 Å². The Morgan fingerprint density at radius 1 is 0.867 bits per heavy atom. The lowest BCUT2D eigenvalue weighted by Gasteiger charge is -2.08. The first-order chi connectivity index (χ1) is 14.7. The second-order valence-corrected chi connectivity index (χ2v) is 7.48. The fourth-order valence-corrected chi connectivity index (χ4v) is 3.10. The Labute approximate surface area is 182 Å². The largest absolute Gasteiger partial charge is 0.424 e. The van der Waals surface area contributed by atoms with E-state index in [2.05, 4.69) is 31.2 Å². The highest BCUT2D eigenvalue weighted by molar-refractivity contribution is 9.10. The number of benzene rings is 3. The standard InChI is InChI=1S/C24H18BrN3O2/c25-21-11-9-17(10-12-21)14-26-23(29)19-6-4-5-18(13-19)20-15-27-24(28-16-20)30-22-7-2-1-3-8-22/h1-13,15-16H,14H2,(H,26,29). The number of nitrogens with zero attached hydrogens (tertiary/aromatic N) is 2. The molecule has 1 heterocycles. The highest BCUT2D eigenvalue weighted by Gasteiger charge is 2.08. The van der Waals surface area contributed by atoms with Crippen molar-refractivity contribution in [2.24, 2.45) is 0 Å². The van der Waals surface area contributed by atoms with Gasteiger partial charge in [-0.05, 0) is 47.5 Å². The van der Waals surface area contributed by atoms with Crippen LogP contribution in [0.25, 0.3) is 11.1 Å². The molecule has 4 aromatic rings. The molecule has 0 bridgehead atoms. The molecule has 6 heteroatoms. The molecule has 0 atom stereocenters. The maximum Gasteiger partial charge on any atom is 0.321 e. The van der Waals surface area contributed by atoms with E-state index in [0.29, 0.717) is 17.9 Å². The first-order valence-electron chi connectivity index (χ1n) is 9.35. The fraction of sp³-hybridized carbons (Fsp3) is 0.0417. The third-order valence-corrected chi connectivity index (χ3v) is 4.93. The van der Waals surface area contributed by atoms with Gasteiger partial charge in [-0.3, -0.25) is 4.79 Å². The van der Waals surface area contributed by atoms with Crippen LogP contribution in [0, 0.1) is 0 Å². The summed E-state index contributed by atoms with van der Waals surface area (Å²) in [7, 11) is 0. The van der Waals surface area contributed by atoms with Gasteiger partial charge in [0.15, 0.2) is 0 Å². The van der Waals surface area contributed by atoms with Crippen LogP contribution in [0.4, 0.5) is 0 Å². The van der Waals surface area contributed by atoms with Crippen LogP contribution in [0.15, 0.2) is 95.7 Å². The Morgan fingerprint density at radius 2 is 1.60 bits per heavy atom. The lowest BCUT2D eigenvalue weighted by Crippen LogP contribution is -2.22. The summed E-state index contributed by atoms with van der Waals surface area (Å²) in [5.74, 6) is 0.541. The lowest BCUT2D eigenvalue weighted by molar-refractivity contribution is 0.0951. The van der Waals surface area contributed by atoms with Crippen molar-refractivity contribution in [2.75, 3.05) is 0 Å². The van der Waals surface area contributed by atoms with Crippen LogP contribution in [-0.4, -0.2) is 15.9 Å². The van der Waals surface area contributed by atoms with Crippen molar-refractivity contribution in [3.63, 3.8) is 0 Å². The van der Waals surface area contributed by atoms with E-state index in [0.717, 1.165) is 21.2 Å². The molecule has 0 saturated carbocycles. The first kappa shape index (κ1) is 19.8. The van der Waals surface area contributed by atoms with Crippen LogP contribution < -0.4 is 10.1 Å². The van der Waals surface area contributed by atoms with Gasteiger partial charge in [0.25, 0.3) is 5.91 Å². The number of hydrogen-bond donors (Lipinski definition) is 1. The van der Waals surface area contributed by atoms with Gasteiger partial charge in [-0.15, -0.1) is 0 Å². The summed E-state index contributed by atoms with van der Waals surface area (Å²) >= 11 is 3.41. The fourth-order valence-electron chi connectivity index (χ4n) is 2.84. The third kappa shape index (κ3) is 5.10. The van der Waals surface area contributed by atoms with Crippen molar-refractivity contribution < 1.29 is 9.53 Å². The second kappa shape index (κ2) is 9.33. The molecular weight excluding hydrogens is 442 g/mol. The number of ether oxygens (including phenoxy) is 1. The van der Waals surface area contributed by atoms with Crippen LogP contribution in [0.2, 0.25) is 0 Å². The molecule has 0 radical (unpaired) electrons. The van der Waals surface area contributed by atoms with Crippen molar-refractivity contribution in [2.45, 2.75) is 6.54 Å². The molecule has 148 valence electrons. The molecule has 0 saturated heterocycles. The molecule has 0 aliphatic carbocycles. The van der Waals surface area contributed by atoms with Gasteiger partial charge in [0, 0.05) is 34.5 Å². The summed E-state index contributed by atoms with van der Waals surface area (Å²) in [5, 5.41) is 2.94. The minimum Gasteiger partial charge on any atom is -0.424 e. The monoisotopic (exact) mass is 459 g/mol. The van der Waals surface area contributed by atoms with Crippen LogP contribution in [0.5, 0.6) is 11.8 Å². The number of amides is 1. The zero-order valence-electron chi connectivity index (χ0n) is 16.0. The highest BCUT2D eigenvalue weighted by atomic mass is 79.9. The lowest BCUT2D eigenvalue weighted by atomic mass is 10.1. The topological polar surface area (TPSA) is 64.1 Å². The van der Waals surface area contributed by atoms with E-state index in [1.54, 1.807) is 18.5 Å². The normalized spacial score (nSPS) is 10.4. The van der Waals surface area contributed by atoms with E-state index in [-0.39, 0.29) is 11.9 Å². The molecule has 0 unspecified atom stereocenters. The SMILES string of the molecule is O=C(NCc1ccc(Br)cc1)c1cccc(-c2cnc(Oc3ccccc3)nc2)c1. The zero-order valence-corrected chi connectivity index (χ0v) is 17.5. The Bertz CT molecular complexity index is 1130. The predicted molar refractivity (Wildman–Crippen MR) is 119 cm³/mol. The van der Waals surface area contributed by atoms with Gasteiger partial charge in [-0.25, -0.2) is 9.97 Å². The van der Waals surface area contributed by atoms with Crippen LogP contribution in [0.3, 0.4) is 0 Å². The molecule has 1 aromatic heterocycles. The van der Waals surface area contributed by atoms with Gasteiger partial charge in [0.2, 0.25) is 0 Å². The first-order valence-corrected chi connectivity index (χ1v) is 10.1. The molecule has 0 aliphatic heterocycles. The summed E-state index contributed by atoms with van der Waals surface area (Å²) in [6.07, 6.45) is 3.37. The van der Waals surface area contributed by atoms with Gasteiger partial charge in [-0.2, -0.15) is 0 Å². The molecule has 4 rings (SSSR count). The number of carbonyl (C=O) groups is 1. The van der Waals surface area contributed by atoms with Gasteiger partial charge >= 0.3 is 6.01 Å². The molecule has 1 N–H and O–H groups in total. The zero-order chi connectivity index (χ0) is 20.8. The molecule has 1 amide bonds. The van der Waals surface area contributed by atoms with Gasteiger partial charge in [0.05, 0.1) is 0 Å². The molecule has 3 aromatic carbocycles. The maximum absolute atomic E-state index is 12.6. The maximum atomic E-state index is 12.6. The number of hydrogen-bond acceptors (Lipinski definition) is 4. The van der Waals surface area contributed by atoms with E-state index >= 15 is 0 Å². The quantitative estimate of drug-likeness (QED) is 0.405. The second-order valence-electron chi connectivity index (χ2n) is 6.56. The smallest absolute Gasteiger partial charge is 0.321 e. The molecule has 30 heavy (non-hydrogen) atoms. The molecule has 0 fully saturated rings. The van der Waals surface area contributed by atoms with E-state index in [1.807, 2.05) is 72.8 Å². The Morgan fingerprint density at radius 3 is 2.33 bits per heavy atom. The summed E-state index contributed by atoms with van der Waals surface area (Å²) in [5.41, 5.74) is 3.27. The Balaban J connectivity index is 1.43. The minimum absolute atomic E-state index is 0.135. The van der Waals surface area contributed by atoms with Crippen LogP contribution in [-0.2, 0) is 6.54 Å². The molecule has 0 spiro atoms. The van der Waals surface area contributed by atoms with Gasteiger partial charge in [-0.1, -0.05) is 58.4 Å². The average molecular weight is 460 g/mol. The van der Waals surface area contributed by atoms with E-state index in [1.165, 1.54) is 0 Å². The van der Waals surface area contributed by atoms with Crippen molar-refractivity contribution in [1.82, 2.24) is 15.3 Å². The average Bonchev–Trinajstić information content (AvgIpc) is 2.80. The predicted octanol–water partition coefficient (Wildman–Crippen LogP) is 5.63. The minimum atomic E-state index is -0.135. The summed E-state index contributed by atoms with van der Waals surface area (Å²) in [6.45, 7) is 0.463. The van der Waals surface area contributed by atoms with Crippen molar-refractivity contribution >= 4 is 21.8 Å². The summed E-state index contributed by atoms with van der Waals surface area (Å²) in [4.78, 5) is 21.1. The number of carbonyl (C=O) groups excluding carboxylic acids is 1. The van der Waals surface area contributed by atoms with Gasteiger partial charge in [0.1, 0.15) is 5.75 Å².